The summed E-state index contributed by atoms with van der Waals surface area (Å²) in [6.07, 6.45) is 4.63. The van der Waals surface area contributed by atoms with Crippen LogP contribution in [0.3, 0.4) is 0 Å². The molecule has 3 heteroatoms. The predicted molar refractivity (Wildman–Crippen MR) is 54.0 cm³/mol. The highest BCUT2D eigenvalue weighted by atomic mass is 16.4. The zero-order valence-electron chi connectivity index (χ0n) is 8.65. The van der Waals surface area contributed by atoms with Crippen molar-refractivity contribution >= 4 is 5.97 Å². The van der Waals surface area contributed by atoms with Gasteiger partial charge in [0.15, 0.2) is 0 Å². The third-order valence-electron chi connectivity index (χ3n) is 4.83. The molecule has 1 N–H and O–H groups in total. The van der Waals surface area contributed by atoms with Gasteiger partial charge in [0.2, 0.25) is 6.04 Å². The Labute approximate surface area is 89.3 Å². The second-order valence-electron chi connectivity index (χ2n) is 5.68. The quantitative estimate of drug-likeness (QED) is 0.667. The molecule has 0 aromatic carbocycles. The topological polar surface area (TPSA) is 41.7 Å². The van der Waals surface area contributed by atoms with Crippen molar-refractivity contribution in [3.05, 3.63) is 11.4 Å². The third kappa shape index (κ3) is 1.08. The fraction of sp³-hybridized carbons (Fsp3) is 0.833. The molecule has 80 valence electrons. The Bertz CT molecular complexity index is 341. The zero-order chi connectivity index (χ0) is 10.6. The average Bonchev–Trinajstić information content (AvgIpc) is 2.16. The fourth-order valence-electron chi connectivity index (χ4n) is 4.47. The highest BCUT2D eigenvalue weighted by Gasteiger charge is 2.61. The molecule has 0 aliphatic heterocycles. The van der Waals surface area contributed by atoms with Gasteiger partial charge in [-0.2, -0.15) is 0 Å². The van der Waals surface area contributed by atoms with E-state index in [1.807, 2.05) is 0 Å². The number of aliphatic carboxylic acids is 1. The molecule has 4 fully saturated rings. The van der Waals surface area contributed by atoms with Crippen LogP contribution in [-0.2, 0) is 4.79 Å². The summed E-state index contributed by atoms with van der Waals surface area (Å²) >= 11 is 0. The molecular formula is C12H15NO2. The van der Waals surface area contributed by atoms with Crippen molar-refractivity contribution < 1.29 is 9.90 Å². The van der Waals surface area contributed by atoms with Crippen LogP contribution < -0.4 is 0 Å². The van der Waals surface area contributed by atoms with Crippen molar-refractivity contribution in [1.82, 2.24) is 0 Å². The van der Waals surface area contributed by atoms with E-state index in [1.165, 1.54) is 0 Å². The maximum atomic E-state index is 11.4. The SMILES string of the molecule is [C-]#[N+]C1C2CC3CC1CC(C(=O)O)(C3)C2. The van der Waals surface area contributed by atoms with Gasteiger partial charge in [-0.05, 0) is 38.0 Å². The molecule has 4 aliphatic rings. The highest BCUT2D eigenvalue weighted by Crippen LogP contribution is 2.60. The van der Waals surface area contributed by atoms with E-state index in [4.69, 9.17) is 6.57 Å². The maximum absolute atomic E-state index is 11.4. The second-order valence-corrected chi connectivity index (χ2v) is 5.68. The number of nitrogens with zero attached hydrogens (tertiary/aromatic N) is 1. The van der Waals surface area contributed by atoms with Crippen LogP contribution in [0.4, 0.5) is 0 Å². The molecule has 3 nitrogen and oxygen atoms in total. The van der Waals surface area contributed by atoms with Crippen LogP contribution in [0.1, 0.15) is 32.1 Å². The third-order valence-corrected chi connectivity index (χ3v) is 4.83. The number of carboxylic acids is 1. The first-order valence-electron chi connectivity index (χ1n) is 5.74. The van der Waals surface area contributed by atoms with Crippen LogP contribution in [0.5, 0.6) is 0 Å². The van der Waals surface area contributed by atoms with Gasteiger partial charge in [0.05, 0.1) is 5.41 Å². The first-order chi connectivity index (χ1) is 7.14. The van der Waals surface area contributed by atoms with Gasteiger partial charge >= 0.3 is 5.97 Å². The second kappa shape index (κ2) is 2.75. The van der Waals surface area contributed by atoms with Gasteiger partial charge in [0.1, 0.15) is 0 Å². The number of hydrogen-bond donors (Lipinski definition) is 1. The lowest BCUT2D eigenvalue weighted by atomic mass is 9.48. The Morgan fingerprint density at radius 3 is 2.33 bits per heavy atom. The normalized spacial score (nSPS) is 51.4. The minimum absolute atomic E-state index is 0.133. The molecule has 2 unspecified atom stereocenters. The van der Waals surface area contributed by atoms with Crippen LogP contribution in [0.15, 0.2) is 0 Å². The lowest BCUT2D eigenvalue weighted by Gasteiger charge is -2.54. The van der Waals surface area contributed by atoms with Crippen LogP contribution in [0, 0.1) is 29.7 Å². The number of hydrogen-bond acceptors (Lipinski definition) is 1. The molecule has 2 atom stereocenters. The summed E-state index contributed by atoms with van der Waals surface area (Å²) in [5.74, 6) is 0.747. The minimum Gasteiger partial charge on any atom is -0.481 e. The summed E-state index contributed by atoms with van der Waals surface area (Å²) in [5, 5.41) is 9.36. The van der Waals surface area contributed by atoms with E-state index in [9.17, 15) is 9.90 Å². The van der Waals surface area contributed by atoms with Crippen LogP contribution in [-0.4, -0.2) is 17.1 Å². The summed E-state index contributed by atoms with van der Waals surface area (Å²) in [5.41, 5.74) is -0.447. The van der Waals surface area contributed by atoms with Gasteiger partial charge in [0.25, 0.3) is 0 Å². The monoisotopic (exact) mass is 205 g/mol. The molecule has 0 saturated heterocycles. The molecule has 0 aromatic heterocycles. The molecule has 4 aliphatic carbocycles. The van der Waals surface area contributed by atoms with E-state index in [2.05, 4.69) is 4.85 Å². The lowest BCUT2D eigenvalue weighted by Crippen LogP contribution is -2.55. The van der Waals surface area contributed by atoms with Gasteiger partial charge in [0, 0.05) is 11.8 Å². The Hall–Kier alpha value is -1.04. The van der Waals surface area contributed by atoms with Gasteiger partial charge in [-0.25, -0.2) is 6.57 Å². The van der Waals surface area contributed by atoms with Crippen molar-refractivity contribution in [3.8, 4) is 0 Å². The molecule has 4 saturated carbocycles. The summed E-state index contributed by atoms with van der Waals surface area (Å²) < 4.78 is 0. The van der Waals surface area contributed by atoms with Crippen LogP contribution in [0.2, 0.25) is 0 Å². The molecule has 15 heavy (non-hydrogen) atoms. The summed E-state index contributed by atoms with van der Waals surface area (Å²) in [4.78, 5) is 15.1. The van der Waals surface area contributed by atoms with E-state index in [0.717, 1.165) is 32.1 Å². The predicted octanol–water partition coefficient (Wildman–Crippen LogP) is 2.19. The van der Waals surface area contributed by atoms with Gasteiger partial charge in [-0.15, -0.1) is 0 Å². The van der Waals surface area contributed by atoms with E-state index in [-0.39, 0.29) is 6.04 Å². The van der Waals surface area contributed by atoms with Gasteiger partial charge < -0.3 is 9.95 Å². The fourth-order valence-corrected chi connectivity index (χ4v) is 4.47. The Morgan fingerprint density at radius 1 is 1.27 bits per heavy atom. The minimum atomic E-state index is -0.606. The van der Waals surface area contributed by atoms with Gasteiger partial charge in [-0.3, -0.25) is 4.79 Å². The van der Waals surface area contributed by atoms with Crippen LogP contribution >= 0.6 is 0 Å². The maximum Gasteiger partial charge on any atom is 0.309 e. The van der Waals surface area contributed by atoms with Crippen LogP contribution in [0.25, 0.3) is 4.85 Å². The first-order valence-corrected chi connectivity index (χ1v) is 5.74. The van der Waals surface area contributed by atoms with Crippen molar-refractivity contribution in [2.24, 2.45) is 23.2 Å². The van der Waals surface area contributed by atoms with E-state index < -0.39 is 11.4 Å². The van der Waals surface area contributed by atoms with E-state index in [0.29, 0.717) is 17.8 Å². The molecular weight excluding hydrogens is 190 g/mol. The zero-order valence-corrected chi connectivity index (χ0v) is 8.65. The van der Waals surface area contributed by atoms with E-state index >= 15 is 0 Å². The molecule has 4 bridgehead atoms. The molecule has 0 spiro atoms. The molecule has 0 aromatic rings. The van der Waals surface area contributed by atoms with Gasteiger partial charge in [-0.1, -0.05) is 0 Å². The van der Waals surface area contributed by atoms with Crippen molar-refractivity contribution in [1.29, 1.82) is 0 Å². The average molecular weight is 205 g/mol. The van der Waals surface area contributed by atoms with Crippen molar-refractivity contribution in [2.75, 3.05) is 0 Å². The van der Waals surface area contributed by atoms with Crippen molar-refractivity contribution in [3.63, 3.8) is 0 Å². The molecule has 0 amide bonds. The Morgan fingerprint density at radius 2 is 1.87 bits per heavy atom. The number of carbonyl (C=O) groups is 1. The standard InChI is InChI=1S/C12H15NO2/c1-13-10-8-2-7-3-9(10)6-12(4-7,5-8)11(14)15/h7-10H,2-6H2,(H,14,15). The molecule has 4 rings (SSSR count). The Kier molecular flexibility index (Phi) is 1.69. The largest absolute Gasteiger partial charge is 0.481 e. The number of rotatable bonds is 1. The number of carboxylic acid groups (broad SMARTS) is 1. The first kappa shape index (κ1) is 9.21. The molecule has 0 radical (unpaired) electrons. The summed E-state index contributed by atoms with van der Waals surface area (Å²) in [6.45, 7) is 7.22. The highest BCUT2D eigenvalue weighted by molar-refractivity contribution is 5.75. The lowest BCUT2D eigenvalue weighted by molar-refractivity contribution is -0.165. The molecule has 0 heterocycles. The van der Waals surface area contributed by atoms with E-state index in [1.54, 1.807) is 0 Å². The summed E-state index contributed by atoms with van der Waals surface area (Å²) in [6, 6.07) is 0.133. The van der Waals surface area contributed by atoms with Crippen molar-refractivity contribution in [2.45, 2.75) is 38.1 Å². The summed E-state index contributed by atoms with van der Waals surface area (Å²) in [7, 11) is 0. The smallest absolute Gasteiger partial charge is 0.309 e. The Balaban J connectivity index is 1.96.